The molecule has 0 fully saturated rings. The number of carbonyl (C=O) groups excluding carboxylic acids is 1. The van der Waals surface area contributed by atoms with Crippen molar-refractivity contribution in [3.05, 3.63) is 59.9 Å². The molecule has 7 nitrogen and oxygen atoms in total. The van der Waals surface area contributed by atoms with E-state index in [-0.39, 0.29) is 6.03 Å². The minimum Gasteiger partial charge on any atom is -0.496 e. The number of fused-ring (bicyclic) bond motifs is 2. The molecule has 2 aromatic heterocycles. The van der Waals surface area contributed by atoms with Crippen LogP contribution in [0.1, 0.15) is 11.3 Å². The van der Waals surface area contributed by atoms with Crippen LogP contribution in [0.3, 0.4) is 0 Å². The predicted octanol–water partition coefficient (Wildman–Crippen LogP) is 3.76. The van der Waals surface area contributed by atoms with Gasteiger partial charge in [-0.1, -0.05) is 30.3 Å². The first-order valence-electron chi connectivity index (χ1n) is 8.95. The molecule has 4 rings (SSSR count). The molecule has 0 aliphatic carbocycles. The molecule has 0 bridgehead atoms. The number of nitrogens with one attached hydrogen (secondary N) is 2. The first-order valence-corrected chi connectivity index (χ1v) is 8.95. The van der Waals surface area contributed by atoms with Crippen molar-refractivity contribution in [2.45, 2.75) is 13.5 Å². The second kappa shape index (κ2) is 7.19. The number of hydrogen-bond donors (Lipinski definition) is 2. The second-order valence-electron chi connectivity index (χ2n) is 6.58. The van der Waals surface area contributed by atoms with E-state index in [9.17, 15) is 4.79 Å². The molecule has 2 aromatic carbocycles. The molecular formula is C21H21N5O2. The van der Waals surface area contributed by atoms with Crippen LogP contribution < -0.4 is 15.4 Å². The highest BCUT2D eigenvalue weighted by Gasteiger charge is 2.11. The SMILES string of the molecule is COc1ccc2ccccc2c1CNC(=O)Nc1cnc2c(c1)c(C)nn2C. The Morgan fingerprint density at radius 3 is 2.82 bits per heavy atom. The van der Waals surface area contributed by atoms with Gasteiger partial charge < -0.3 is 15.4 Å². The number of urea groups is 1. The zero-order valence-electron chi connectivity index (χ0n) is 16.0. The third-order valence-electron chi connectivity index (χ3n) is 4.76. The Kier molecular flexibility index (Phi) is 4.57. The minimum absolute atomic E-state index is 0.308. The average molecular weight is 375 g/mol. The van der Waals surface area contributed by atoms with E-state index in [1.165, 1.54) is 0 Å². The zero-order valence-corrected chi connectivity index (χ0v) is 16.0. The van der Waals surface area contributed by atoms with Crippen LogP contribution in [0, 0.1) is 6.92 Å². The molecule has 2 heterocycles. The van der Waals surface area contributed by atoms with Gasteiger partial charge in [-0.3, -0.25) is 4.68 Å². The zero-order chi connectivity index (χ0) is 19.7. The number of benzene rings is 2. The van der Waals surface area contributed by atoms with E-state index in [2.05, 4.69) is 20.7 Å². The third-order valence-corrected chi connectivity index (χ3v) is 4.76. The molecule has 0 saturated carbocycles. The van der Waals surface area contributed by atoms with Gasteiger partial charge in [-0.25, -0.2) is 9.78 Å². The summed E-state index contributed by atoms with van der Waals surface area (Å²) in [5.41, 5.74) is 3.21. The lowest BCUT2D eigenvalue weighted by molar-refractivity contribution is 0.251. The highest BCUT2D eigenvalue weighted by Crippen LogP contribution is 2.28. The van der Waals surface area contributed by atoms with Crippen LogP contribution >= 0.6 is 0 Å². The fourth-order valence-electron chi connectivity index (χ4n) is 3.41. The van der Waals surface area contributed by atoms with Gasteiger partial charge in [0.05, 0.1) is 24.7 Å². The van der Waals surface area contributed by atoms with Crippen LogP contribution in [-0.4, -0.2) is 27.9 Å². The fraction of sp³-hybridized carbons (Fsp3) is 0.190. The smallest absolute Gasteiger partial charge is 0.319 e. The number of pyridine rings is 1. The molecule has 0 radical (unpaired) electrons. The lowest BCUT2D eigenvalue weighted by Crippen LogP contribution is -2.28. The number of rotatable bonds is 4. The number of aryl methyl sites for hydroxylation is 2. The van der Waals surface area contributed by atoms with Gasteiger partial charge in [0.15, 0.2) is 5.65 Å². The van der Waals surface area contributed by atoms with Crippen LogP contribution in [0.15, 0.2) is 48.7 Å². The van der Waals surface area contributed by atoms with E-state index in [4.69, 9.17) is 4.74 Å². The number of nitrogens with zero attached hydrogens (tertiary/aromatic N) is 3. The molecule has 142 valence electrons. The summed E-state index contributed by atoms with van der Waals surface area (Å²) in [6.45, 7) is 2.26. The summed E-state index contributed by atoms with van der Waals surface area (Å²) in [6, 6.07) is 13.5. The van der Waals surface area contributed by atoms with Gasteiger partial charge in [0.25, 0.3) is 0 Å². The van der Waals surface area contributed by atoms with Crippen LogP contribution in [0.2, 0.25) is 0 Å². The monoisotopic (exact) mass is 375 g/mol. The summed E-state index contributed by atoms with van der Waals surface area (Å²) < 4.78 is 7.20. The summed E-state index contributed by atoms with van der Waals surface area (Å²) in [4.78, 5) is 16.8. The van der Waals surface area contributed by atoms with Crippen molar-refractivity contribution in [1.82, 2.24) is 20.1 Å². The Bertz CT molecular complexity index is 1180. The van der Waals surface area contributed by atoms with Crippen molar-refractivity contribution in [2.75, 3.05) is 12.4 Å². The first-order chi connectivity index (χ1) is 13.6. The number of hydrogen-bond acceptors (Lipinski definition) is 4. The van der Waals surface area contributed by atoms with Gasteiger partial charge in [0.2, 0.25) is 0 Å². The normalized spacial score (nSPS) is 11.0. The van der Waals surface area contributed by atoms with Gasteiger partial charge in [-0.15, -0.1) is 0 Å². The fourth-order valence-corrected chi connectivity index (χ4v) is 3.41. The molecule has 7 heteroatoms. The van der Waals surface area contributed by atoms with Gasteiger partial charge in [0, 0.05) is 24.5 Å². The number of methoxy groups -OCH3 is 1. The number of anilines is 1. The van der Waals surface area contributed by atoms with Gasteiger partial charge >= 0.3 is 6.03 Å². The summed E-state index contributed by atoms with van der Waals surface area (Å²) in [5.74, 6) is 0.744. The highest BCUT2D eigenvalue weighted by molar-refractivity contribution is 5.93. The standard InChI is InChI=1S/C21H21N5O2/c1-13-17-10-15(11-22-20(17)26(2)25-13)24-21(27)23-12-18-16-7-5-4-6-14(16)8-9-19(18)28-3/h4-11H,12H2,1-3H3,(H2,23,24,27). The van der Waals surface area contributed by atoms with E-state index >= 15 is 0 Å². The van der Waals surface area contributed by atoms with E-state index in [1.54, 1.807) is 18.0 Å². The minimum atomic E-state index is -0.308. The van der Waals surface area contributed by atoms with E-state index in [0.29, 0.717) is 12.2 Å². The van der Waals surface area contributed by atoms with Gasteiger partial charge in [-0.05, 0) is 29.8 Å². The summed E-state index contributed by atoms with van der Waals surface area (Å²) in [7, 11) is 3.48. The predicted molar refractivity (Wildman–Crippen MR) is 110 cm³/mol. The Labute approximate surface area is 162 Å². The quantitative estimate of drug-likeness (QED) is 0.569. The van der Waals surface area contributed by atoms with Crippen LogP contribution in [0.5, 0.6) is 5.75 Å². The maximum absolute atomic E-state index is 12.4. The lowest BCUT2D eigenvalue weighted by atomic mass is 10.0. The molecule has 0 aliphatic heterocycles. The Hall–Kier alpha value is -3.61. The van der Waals surface area contributed by atoms with Crippen molar-refractivity contribution in [3.63, 3.8) is 0 Å². The molecule has 0 atom stereocenters. The molecule has 28 heavy (non-hydrogen) atoms. The number of amides is 2. The number of ether oxygens (including phenoxy) is 1. The van der Waals surface area contributed by atoms with Gasteiger partial charge in [-0.2, -0.15) is 5.10 Å². The highest BCUT2D eigenvalue weighted by atomic mass is 16.5. The lowest BCUT2D eigenvalue weighted by Gasteiger charge is -2.13. The van der Waals surface area contributed by atoms with Crippen molar-refractivity contribution in [2.24, 2.45) is 7.05 Å². The molecule has 0 spiro atoms. The summed E-state index contributed by atoms with van der Waals surface area (Å²) in [6.07, 6.45) is 1.63. The van der Waals surface area contributed by atoms with E-state index in [0.717, 1.165) is 38.8 Å². The molecule has 4 aromatic rings. The number of carbonyl (C=O) groups is 1. The van der Waals surface area contributed by atoms with Crippen molar-refractivity contribution < 1.29 is 9.53 Å². The Morgan fingerprint density at radius 2 is 2.00 bits per heavy atom. The third kappa shape index (κ3) is 3.22. The first kappa shape index (κ1) is 17.8. The molecular weight excluding hydrogens is 354 g/mol. The molecule has 2 amide bonds. The van der Waals surface area contributed by atoms with Crippen molar-refractivity contribution >= 4 is 33.5 Å². The topological polar surface area (TPSA) is 81.1 Å². The maximum Gasteiger partial charge on any atom is 0.319 e. The Balaban J connectivity index is 1.52. The summed E-state index contributed by atoms with van der Waals surface area (Å²) >= 11 is 0. The molecule has 0 aliphatic rings. The maximum atomic E-state index is 12.4. The van der Waals surface area contributed by atoms with Crippen LogP contribution in [0.25, 0.3) is 21.8 Å². The van der Waals surface area contributed by atoms with Gasteiger partial charge in [0.1, 0.15) is 5.75 Å². The average Bonchev–Trinajstić information content (AvgIpc) is 2.99. The van der Waals surface area contributed by atoms with Crippen LogP contribution in [-0.2, 0) is 13.6 Å². The largest absolute Gasteiger partial charge is 0.496 e. The van der Waals surface area contributed by atoms with Crippen molar-refractivity contribution in [3.8, 4) is 5.75 Å². The van der Waals surface area contributed by atoms with Crippen LogP contribution in [0.4, 0.5) is 10.5 Å². The second-order valence-corrected chi connectivity index (χ2v) is 6.58. The van der Waals surface area contributed by atoms with E-state index in [1.807, 2.05) is 56.4 Å². The Morgan fingerprint density at radius 1 is 1.18 bits per heavy atom. The van der Waals surface area contributed by atoms with E-state index < -0.39 is 0 Å². The molecule has 0 unspecified atom stereocenters. The molecule has 2 N–H and O–H groups in total. The molecule has 0 saturated heterocycles. The number of aromatic nitrogens is 3. The summed E-state index contributed by atoms with van der Waals surface area (Å²) in [5, 5.41) is 13.2. The van der Waals surface area contributed by atoms with Crippen molar-refractivity contribution in [1.29, 1.82) is 0 Å².